The van der Waals surface area contributed by atoms with Crippen molar-refractivity contribution in [1.29, 1.82) is 0 Å². The van der Waals surface area contributed by atoms with Crippen LogP contribution in [-0.2, 0) is 0 Å². The lowest BCUT2D eigenvalue weighted by Crippen LogP contribution is -2.49. The van der Waals surface area contributed by atoms with Gasteiger partial charge in [-0.05, 0) is 19.9 Å². The number of nitrogens with one attached hydrogen (secondary N) is 1. The first-order chi connectivity index (χ1) is 9.11. The average molecular weight is 265 g/mol. The molecule has 2 rings (SSSR count). The van der Waals surface area contributed by atoms with E-state index in [1.165, 1.54) is 6.07 Å². The molecule has 1 fully saturated rings. The third kappa shape index (κ3) is 3.14. The Morgan fingerprint density at radius 2 is 2.37 bits per heavy atom. The monoisotopic (exact) mass is 265 g/mol. The summed E-state index contributed by atoms with van der Waals surface area (Å²) < 4.78 is 5.37. The molecule has 0 aliphatic carbocycles. The van der Waals surface area contributed by atoms with Gasteiger partial charge < -0.3 is 15.0 Å². The van der Waals surface area contributed by atoms with Gasteiger partial charge in [-0.1, -0.05) is 0 Å². The molecule has 0 radical (unpaired) electrons. The van der Waals surface area contributed by atoms with Crippen LogP contribution in [0.2, 0.25) is 0 Å². The SMILES string of the molecule is CCOc1cc(N2CCN[C@@H](C)C2)ccc1[N+](=O)[O-]. The lowest BCUT2D eigenvalue weighted by Gasteiger charge is -2.33. The van der Waals surface area contributed by atoms with Crippen LogP contribution >= 0.6 is 0 Å². The molecule has 6 heteroatoms. The maximum atomic E-state index is 10.9. The lowest BCUT2D eigenvalue weighted by atomic mass is 10.2. The Bertz CT molecular complexity index is 464. The number of anilines is 1. The van der Waals surface area contributed by atoms with Gasteiger partial charge in [-0.3, -0.25) is 10.1 Å². The quantitative estimate of drug-likeness (QED) is 0.664. The van der Waals surface area contributed by atoms with Crippen molar-refractivity contribution in [3.63, 3.8) is 0 Å². The predicted molar refractivity (Wildman–Crippen MR) is 73.9 cm³/mol. The lowest BCUT2D eigenvalue weighted by molar-refractivity contribution is -0.385. The first-order valence-corrected chi connectivity index (χ1v) is 6.51. The number of hydrogen-bond acceptors (Lipinski definition) is 5. The summed E-state index contributed by atoms with van der Waals surface area (Å²) in [4.78, 5) is 12.7. The van der Waals surface area contributed by atoms with E-state index in [1.807, 2.05) is 6.92 Å². The zero-order valence-electron chi connectivity index (χ0n) is 11.3. The molecule has 0 bridgehead atoms. The second-order valence-corrected chi connectivity index (χ2v) is 4.64. The van der Waals surface area contributed by atoms with Crippen molar-refractivity contribution < 1.29 is 9.66 Å². The molecule has 1 aromatic carbocycles. The minimum Gasteiger partial charge on any atom is -0.487 e. The summed E-state index contributed by atoms with van der Waals surface area (Å²) in [7, 11) is 0. The summed E-state index contributed by atoms with van der Waals surface area (Å²) in [6.07, 6.45) is 0. The number of nitro groups is 1. The van der Waals surface area contributed by atoms with Crippen molar-refractivity contribution >= 4 is 11.4 Å². The van der Waals surface area contributed by atoms with Gasteiger partial charge in [0.25, 0.3) is 0 Å². The van der Waals surface area contributed by atoms with Crippen molar-refractivity contribution in [2.75, 3.05) is 31.1 Å². The van der Waals surface area contributed by atoms with Gasteiger partial charge in [0.1, 0.15) is 0 Å². The van der Waals surface area contributed by atoms with Crippen molar-refractivity contribution in [2.24, 2.45) is 0 Å². The Labute approximate surface area is 112 Å². The van der Waals surface area contributed by atoms with Gasteiger partial charge in [0.2, 0.25) is 0 Å². The number of piperazine rings is 1. The molecule has 1 heterocycles. The van der Waals surface area contributed by atoms with E-state index >= 15 is 0 Å². The van der Waals surface area contributed by atoms with E-state index in [2.05, 4.69) is 17.1 Å². The third-order valence-corrected chi connectivity index (χ3v) is 3.17. The normalized spacial score (nSPS) is 19.3. The van der Waals surface area contributed by atoms with Crippen molar-refractivity contribution in [2.45, 2.75) is 19.9 Å². The highest BCUT2D eigenvalue weighted by molar-refractivity contribution is 5.59. The van der Waals surface area contributed by atoms with Crippen LogP contribution in [0, 0.1) is 10.1 Å². The van der Waals surface area contributed by atoms with Crippen LogP contribution < -0.4 is 15.0 Å². The molecular weight excluding hydrogens is 246 g/mol. The number of ether oxygens (including phenoxy) is 1. The largest absolute Gasteiger partial charge is 0.487 e. The number of benzene rings is 1. The van der Waals surface area contributed by atoms with E-state index in [1.54, 1.807) is 12.1 Å². The molecule has 1 aliphatic rings. The molecular formula is C13H19N3O3. The fourth-order valence-corrected chi connectivity index (χ4v) is 2.29. The maximum Gasteiger partial charge on any atom is 0.311 e. The van der Waals surface area contributed by atoms with Crippen molar-refractivity contribution in [3.8, 4) is 5.75 Å². The molecule has 1 aromatic rings. The summed E-state index contributed by atoms with van der Waals surface area (Å²) in [5, 5.41) is 14.3. The highest BCUT2D eigenvalue weighted by Gasteiger charge is 2.20. The number of nitrogens with zero attached hydrogens (tertiary/aromatic N) is 2. The van der Waals surface area contributed by atoms with Crippen LogP contribution in [-0.4, -0.2) is 37.2 Å². The summed E-state index contributed by atoms with van der Waals surface area (Å²) in [5.74, 6) is 0.344. The summed E-state index contributed by atoms with van der Waals surface area (Å²) >= 11 is 0. The second kappa shape index (κ2) is 5.88. The molecule has 1 N–H and O–H groups in total. The number of hydrogen-bond donors (Lipinski definition) is 1. The molecule has 1 aliphatic heterocycles. The summed E-state index contributed by atoms with van der Waals surface area (Å²) in [6, 6.07) is 5.49. The highest BCUT2D eigenvalue weighted by Crippen LogP contribution is 2.32. The smallest absolute Gasteiger partial charge is 0.311 e. The molecule has 0 saturated carbocycles. The molecule has 104 valence electrons. The Morgan fingerprint density at radius 1 is 1.58 bits per heavy atom. The van der Waals surface area contributed by atoms with Gasteiger partial charge in [-0.15, -0.1) is 0 Å². The molecule has 0 spiro atoms. The average Bonchev–Trinajstić information content (AvgIpc) is 2.39. The fourth-order valence-electron chi connectivity index (χ4n) is 2.29. The summed E-state index contributed by atoms with van der Waals surface area (Å²) in [6.45, 7) is 7.08. The second-order valence-electron chi connectivity index (χ2n) is 4.64. The van der Waals surface area contributed by atoms with E-state index in [4.69, 9.17) is 4.74 Å². The number of nitro benzene ring substituents is 1. The molecule has 19 heavy (non-hydrogen) atoms. The van der Waals surface area contributed by atoms with Crippen LogP contribution in [0.5, 0.6) is 5.75 Å². The molecule has 6 nitrogen and oxygen atoms in total. The van der Waals surface area contributed by atoms with Crippen LogP contribution in [0.3, 0.4) is 0 Å². The summed E-state index contributed by atoms with van der Waals surface area (Å²) in [5.41, 5.74) is 0.996. The fraction of sp³-hybridized carbons (Fsp3) is 0.538. The first kappa shape index (κ1) is 13.6. The van der Waals surface area contributed by atoms with Crippen LogP contribution in [0.4, 0.5) is 11.4 Å². The molecule has 0 amide bonds. The Balaban J connectivity index is 2.26. The number of rotatable bonds is 4. The van der Waals surface area contributed by atoms with Gasteiger partial charge >= 0.3 is 5.69 Å². The van der Waals surface area contributed by atoms with E-state index in [-0.39, 0.29) is 5.69 Å². The Kier molecular flexibility index (Phi) is 4.21. The van der Waals surface area contributed by atoms with Crippen molar-refractivity contribution in [1.82, 2.24) is 5.32 Å². The Hall–Kier alpha value is -1.82. The molecule has 1 atom stereocenters. The predicted octanol–water partition coefficient (Wildman–Crippen LogP) is 1.79. The van der Waals surface area contributed by atoms with Gasteiger partial charge in [-0.2, -0.15) is 0 Å². The minimum atomic E-state index is -0.408. The molecule has 0 unspecified atom stereocenters. The zero-order valence-corrected chi connectivity index (χ0v) is 11.3. The van der Waals surface area contributed by atoms with Crippen LogP contribution in [0.25, 0.3) is 0 Å². The van der Waals surface area contributed by atoms with E-state index in [0.29, 0.717) is 18.4 Å². The van der Waals surface area contributed by atoms with Crippen LogP contribution in [0.15, 0.2) is 18.2 Å². The van der Waals surface area contributed by atoms with Gasteiger partial charge in [0.05, 0.1) is 11.5 Å². The standard InChI is InChI=1S/C13H19N3O3/c1-3-19-13-8-11(4-5-12(13)16(17)18)15-7-6-14-10(2)9-15/h4-5,8,10,14H,3,6-7,9H2,1-2H3/t10-/m0/s1. The highest BCUT2D eigenvalue weighted by atomic mass is 16.6. The van der Waals surface area contributed by atoms with Crippen LogP contribution in [0.1, 0.15) is 13.8 Å². The Morgan fingerprint density at radius 3 is 3.00 bits per heavy atom. The topological polar surface area (TPSA) is 67.6 Å². The third-order valence-electron chi connectivity index (χ3n) is 3.17. The minimum absolute atomic E-state index is 0.0220. The van der Waals surface area contributed by atoms with Crippen molar-refractivity contribution in [3.05, 3.63) is 28.3 Å². The molecule has 0 aromatic heterocycles. The van der Waals surface area contributed by atoms with E-state index in [0.717, 1.165) is 25.3 Å². The van der Waals surface area contributed by atoms with Gasteiger partial charge in [-0.25, -0.2) is 0 Å². The van der Waals surface area contributed by atoms with Gasteiger partial charge in [0, 0.05) is 43.5 Å². The zero-order chi connectivity index (χ0) is 13.8. The van der Waals surface area contributed by atoms with E-state index in [9.17, 15) is 10.1 Å². The van der Waals surface area contributed by atoms with Gasteiger partial charge in [0.15, 0.2) is 5.75 Å². The van der Waals surface area contributed by atoms with E-state index < -0.39 is 4.92 Å². The maximum absolute atomic E-state index is 10.9. The first-order valence-electron chi connectivity index (χ1n) is 6.51. The molecule has 1 saturated heterocycles.